The predicted molar refractivity (Wildman–Crippen MR) is 335 cm³/mol. The Hall–Kier alpha value is -11.0. The van der Waals surface area contributed by atoms with Crippen molar-refractivity contribution in [1.29, 1.82) is 0 Å². The highest BCUT2D eigenvalue weighted by molar-refractivity contribution is 6.11. The number of hydrogen-bond donors (Lipinski definition) is 0. The van der Waals surface area contributed by atoms with Crippen molar-refractivity contribution in [3.63, 3.8) is 0 Å². The average Bonchev–Trinajstić information content (AvgIpc) is 3.68. The van der Waals surface area contributed by atoms with Gasteiger partial charge in [-0.1, -0.05) is 211 Å². The first kappa shape index (κ1) is 48.2. The number of nitrogens with zero attached hydrogens (tertiary/aromatic N) is 8. The first-order valence-electron chi connectivity index (χ1n) is 27.6. The second-order valence-electron chi connectivity index (χ2n) is 20.9. The molecule has 0 fully saturated rings. The number of para-hydroxylation sites is 2. The zero-order valence-corrected chi connectivity index (χ0v) is 45.0. The van der Waals surface area contributed by atoms with E-state index in [2.05, 4.69) is 217 Å². The van der Waals surface area contributed by atoms with E-state index in [1.807, 2.05) is 72.8 Å². The molecule has 0 atom stereocenters. The largest absolute Gasteiger partial charge is 0.308 e. The van der Waals surface area contributed by atoms with Crippen molar-refractivity contribution in [2.45, 2.75) is 13.8 Å². The molecule has 4 heterocycles. The number of hydrogen-bond acceptors (Lipinski definition) is 6. The summed E-state index contributed by atoms with van der Waals surface area (Å²) in [6, 6.07) is 93.7. The van der Waals surface area contributed by atoms with Crippen molar-refractivity contribution in [3.8, 4) is 102 Å². The smallest absolute Gasteiger partial charge is 0.166 e. The lowest BCUT2D eigenvalue weighted by Gasteiger charge is -2.18. The summed E-state index contributed by atoms with van der Waals surface area (Å²) in [5.74, 6) is 3.59. The first-order chi connectivity index (χ1) is 40.5. The lowest BCUT2D eigenvalue weighted by molar-refractivity contribution is 1.06. The quantitative estimate of drug-likeness (QED) is 0.136. The molecule has 8 nitrogen and oxygen atoms in total. The number of fused-ring (bicyclic) bond motifs is 6. The van der Waals surface area contributed by atoms with Crippen LogP contribution in [0.25, 0.3) is 146 Å². The zero-order chi connectivity index (χ0) is 54.7. The molecule has 0 unspecified atom stereocenters. The van der Waals surface area contributed by atoms with E-state index in [0.717, 1.165) is 89.1 Å². The first-order valence-corrected chi connectivity index (χ1v) is 27.6. The maximum absolute atomic E-state index is 5.29. The number of benzene rings is 11. The molecule has 15 rings (SSSR count). The Morgan fingerprint density at radius 3 is 0.902 bits per heavy atom. The monoisotopic (exact) mass is 1050 g/mol. The summed E-state index contributed by atoms with van der Waals surface area (Å²) >= 11 is 0. The van der Waals surface area contributed by atoms with E-state index in [-0.39, 0.29) is 0 Å². The molecule has 15 aromatic rings. The molecule has 4 aromatic heterocycles. The predicted octanol–water partition coefficient (Wildman–Crippen LogP) is 18.2. The maximum atomic E-state index is 5.29. The van der Waals surface area contributed by atoms with Crippen LogP contribution in [0.15, 0.2) is 267 Å². The SMILES string of the molecule is Cc1ccc2c(c1)c1ccccc1n2-c1cc(-c2cccc(-c3ccc(-c4nc(-c5ccccc5)nc(-c5ccccc5)n4)c(-n4c5ccccc5c5cc(C)ccc54)c3)c2)ccc1-c1nc(-c2ccccc2)nc(-c2ccccc2)n1. The minimum absolute atomic E-state index is 0.582. The van der Waals surface area contributed by atoms with Crippen LogP contribution in [-0.2, 0) is 0 Å². The highest BCUT2D eigenvalue weighted by Gasteiger charge is 2.23. The molecule has 0 saturated carbocycles. The summed E-state index contributed by atoms with van der Waals surface area (Å²) in [7, 11) is 0. The lowest BCUT2D eigenvalue weighted by atomic mass is 9.96. The Labute approximate surface area is 474 Å². The van der Waals surface area contributed by atoms with E-state index in [4.69, 9.17) is 29.9 Å². The van der Waals surface area contributed by atoms with Crippen LogP contribution in [0.1, 0.15) is 11.1 Å². The fourth-order valence-electron chi connectivity index (χ4n) is 11.6. The van der Waals surface area contributed by atoms with Gasteiger partial charge in [-0.3, -0.25) is 0 Å². The van der Waals surface area contributed by atoms with Crippen LogP contribution in [0.4, 0.5) is 0 Å². The van der Waals surface area contributed by atoms with E-state index >= 15 is 0 Å². The van der Waals surface area contributed by atoms with Crippen molar-refractivity contribution >= 4 is 43.6 Å². The number of aromatic nitrogens is 8. The van der Waals surface area contributed by atoms with Crippen LogP contribution in [-0.4, -0.2) is 39.0 Å². The summed E-state index contributed by atoms with van der Waals surface area (Å²) in [6.45, 7) is 4.31. The molecule has 0 N–H and O–H groups in total. The topological polar surface area (TPSA) is 87.2 Å². The Balaban J connectivity index is 0.938. The molecule has 11 aromatic carbocycles. The number of rotatable bonds is 10. The maximum Gasteiger partial charge on any atom is 0.166 e. The van der Waals surface area contributed by atoms with Gasteiger partial charge < -0.3 is 9.13 Å². The average molecular weight is 1050 g/mol. The molecule has 0 spiro atoms. The molecule has 0 aliphatic heterocycles. The summed E-state index contributed by atoms with van der Waals surface area (Å²) in [5, 5.41) is 4.71. The van der Waals surface area contributed by atoms with E-state index in [1.165, 1.54) is 32.7 Å². The van der Waals surface area contributed by atoms with Crippen LogP contribution in [0, 0.1) is 13.8 Å². The van der Waals surface area contributed by atoms with Crippen molar-refractivity contribution in [1.82, 2.24) is 39.0 Å². The highest BCUT2D eigenvalue weighted by Crippen LogP contribution is 2.42. The van der Waals surface area contributed by atoms with Gasteiger partial charge in [0.05, 0.1) is 33.4 Å². The summed E-state index contributed by atoms with van der Waals surface area (Å²) in [6.07, 6.45) is 0. The molecule has 0 aliphatic carbocycles. The second-order valence-corrected chi connectivity index (χ2v) is 20.9. The molecule has 8 heteroatoms. The molecule has 0 aliphatic rings. The van der Waals surface area contributed by atoms with Crippen molar-refractivity contribution in [2.75, 3.05) is 0 Å². The van der Waals surface area contributed by atoms with E-state index in [0.29, 0.717) is 34.9 Å². The zero-order valence-electron chi connectivity index (χ0n) is 45.0. The minimum atomic E-state index is 0.582. The van der Waals surface area contributed by atoms with Gasteiger partial charge in [-0.25, -0.2) is 29.9 Å². The third-order valence-corrected chi connectivity index (χ3v) is 15.5. The van der Waals surface area contributed by atoms with Crippen LogP contribution < -0.4 is 0 Å². The van der Waals surface area contributed by atoms with E-state index in [1.54, 1.807) is 0 Å². The molecular weight excluding hydrogens is 1000 g/mol. The molecule has 386 valence electrons. The van der Waals surface area contributed by atoms with Gasteiger partial charge in [0, 0.05) is 54.9 Å². The molecular formula is C74H50N8. The minimum Gasteiger partial charge on any atom is -0.308 e. The summed E-state index contributed by atoms with van der Waals surface area (Å²) in [4.78, 5) is 31.3. The molecule has 0 radical (unpaired) electrons. The highest BCUT2D eigenvalue weighted by atomic mass is 15.1. The number of aryl methyl sites for hydroxylation is 2. The van der Waals surface area contributed by atoms with E-state index < -0.39 is 0 Å². The fraction of sp³-hybridized carbons (Fsp3) is 0.0270. The summed E-state index contributed by atoms with van der Waals surface area (Å²) < 4.78 is 4.76. The normalized spacial score (nSPS) is 11.5. The van der Waals surface area contributed by atoms with Gasteiger partial charge in [0.15, 0.2) is 34.9 Å². The summed E-state index contributed by atoms with van der Waals surface area (Å²) in [5.41, 5.74) is 18.3. The second kappa shape index (κ2) is 20.0. The fourth-order valence-corrected chi connectivity index (χ4v) is 11.6. The third-order valence-electron chi connectivity index (χ3n) is 15.5. The van der Waals surface area contributed by atoms with Crippen LogP contribution >= 0.6 is 0 Å². The van der Waals surface area contributed by atoms with Crippen LogP contribution in [0.5, 0.6) is 0 Å². The van der Waals surface area contributed by atoms with Gasteiger partial charge in [0.25, 0.3) is 0 Å². The molecule has 0 bridgehead atoms. The molecule has 0 amide bonds. The standard InChI is InChI=1S/C74H50N8/c1-47-34-40-65-61(42-47)57-30-15-17-32-63(57)81(65)67-45-55(36-38-59(67)73-77-69(49-20-7-3-8-21-49)75-70(78-73)50-22-9-4-10-23-50)53-28-19-29-54(44-53)56-37-39-60(68(46-56)82-64-33-18-16-31-58(64)62-43-48(2)35-41-66(62)82)74-79-71(51-24-11-5-12-25-51)76-72(80-74)52-26-13-6-14-27-52/h3-46H,1-2H3. The van der Waals surface area contributed by atoms with Gasteiger partial charge in [-0.2, -0.15) is 0 Å². The van der Waals surface area contributed by atoms with Crippen molar-refractivity contribution in [3.05, 3.63) is 278 Å². The van der Waals surface area contributed by atoms with Crippen LogP contribution in [0.3, 0.4) is 0 Å². The van der Waals surface area contributed by atoms with Gasteiger partial charge in [-0.15, -0.1) is 0 Å². The Morgan fingerprint density at radius 1 is 0.220 bits per heavy atom. The Kier molecular flexibility index (Phi) is 11.8. The van der Waals surface area contributed by atoms with Gasteiger partial charge >= 0.3 is 0 Å². The third kappa shape index (κ3) is 8.58. The van der Waals surface area contributed by atoms with Crippen LogP contribution in [0.2, 0.25) is 0 Å². The van der Waals surface area contributed by atoms with E-state index in [9.17, 15) is 0 Å². The van der Waals surface area contributed by atoms with Gasteiger partial charge in [0.1, 0.15) is 0 Å². The van der Waals surface area contributed by atoms with Crippen molar-refractivity contribution in [2.24, 2.45) is 0 Å². The lowest BCUT2D eigenvalue weighted by Crippen LogP contribution is -2.04. The van der Waals surface area contributed by atoms with Gasteiger partial charge in [-0.05, 0) is 103 Å². The van der Waals surface area contributed by atoms with Crippen molar-refractivity contribution < 1.29 is 0 Å². The molecule has 82 heavy (non-hydrogen) atoms. The van der Waals surface area contributed by atoms with Gasteiger partial charge in [0.2, 0.25) is 0 Å². The Bertz CT molecular complexity index is 4510. The Morgan fingerprint density at radius 2 is 0.524 bits per heavy atom. The molecule has 0 saturated heterocycles.